The third-order valence-electron chi connectivity index (χ3n) is 16.1. The molecule has 0 saturated heterocycles. The summed E-state index contributed by atoms with van der Waals surface area (Å²) in [5.74, 6) is 0. The van der Waals surface area contributed by atoms with Crippen molar-refractivity contribution < 1.29 is 4.42 Å². The zero-order valence-corrected chi connectivity index (χ0v) is 38.9. The Balaban J connectivity index is 0.896. The number of furan rings is 1. The van der Waals surface area contributed by atoms with E-state index in [9.17, 15) is 0 Å². The van der Waals surface area contributed by atoms with Crippen molar-refractivity contribution >= 4 is 65.6 Å². The number of para-hydroxylation sites is 5. The normalized spacial score (nSPS) is 14.3. The number of aromatic nitrogens is 2. The van der Waals surface area contributed by atoms with Gasteiger partial charge in [-0.3, -0.25) is 0 Å². The first-order valence-corrected chi connectivity index (χ1v) is 24.2. The molecule has 0 aliphatic heterocycles. The average Bonchev–Trinajstić information content (AvgIpc) is 4.15. The van der Waals surface area contributed by atoms with E-state index in [0.717, 1.165) is 22.2 Å². The van der Waals surface area contributed by atoms with Crippen LogP contribution in [0, 0.1) is 0 Å². The van der Waals surface area contributed by atoms with Crippen LogP contribution >= 0.6 is 0 Å². The van der Waals surface area contributed by atoms with Crippen molar-refractivity contribution in [3.05, 3.63) is 229 Å². The molecule has 0 radical (unpaired) electrons. The van der Waals surface area contributed by atoms with Crippen LogP contribution in [0.3, 0.4) is 0 Å². The molecule has 69 heavy (non-hydrogen) atoms. The molecule has 15 rings (SSSR count). The fourth-order valence-electron chi connectivity index (χ4n) is 12.7. The maximum Gasteiger partial charge on any atom is 0.144 e. The molecule has 0 N–H and O–H groups in total. The quantitative estimate of drug-likeness (QED) is 0.173. The molecular formula is C66H46N2O. The Morgan fingerprint density at radius 2 is 0.826 bits per heavy atom. The van der Waals surface area contributed by atoms with Crippen molar-refractivity contribution in [2.45, 2.75) is 38.5 Å². The monoisotopic (exact) mass is 882 g/mol. The molecule has 0 fully saturated rings. The van der Waals surface area contributed by atoms with Crippen LogP contribution in [-0.4, -0.2) is 9.13 Å². The molecule has 0 amide bonds. The molecule has 0 unspecified atom stereocenters. The second kappa shape index (κ2) is 13.6. The number of hydrogen-bond acceptors (Lipinski definition) is 1. The lowest BCUT2D eigenvalue weighted by Crippen LogP contribution is -2.19. The summed E-state index contributed by atoms with van der Waals surface area (Å²) in [7, 11) is 0. The molecule has 2 aliphatic rings. The Morgan fingerprint density at radius 1 is 0.333 bits per heavy atom. The highest BCUT2D eigenvalue weighted by molar-refractivity contribution is 6.20. The average molecular weight is 883 g/mol. The van der Waals surface area contributed by atoms with Gasteiger partial charge in [-0.2, -0.15) is 0 Å². The Hall–Kier alpha value is -8.40. The summed E-state index contributed by atoms with van der Waals surface area (Å²) < 4.78 is 11.9. The molecule has 0 saturated carbocycles. The molecule has 2 aliphatic carbocycles. The first-order chi connectivity index (χ1) is 33.7. The predicted molar refractivity (Wildman–Crippen MR) is 288 cm³/mol. The highest BCUT2D eigenvalue weighted by atomic mass is 16.3. The maximum atomic E-state index is 7.10. The van der Waals surface area contributed by atoms with Crippen LogP contribution in [0.1, 0.15) is 49.9 Å². The van der Waals surface area contributed by atoms with Crippen molar-refractivity contribution in [3.63, 3.8) is 0 Å². The lowest BCUT2D eigenvalue weighted by Gasteiger charge is -2.26. The Labute approximate surface area is 400 Å². The van der Waals surface area contributed by atoms with Crippen LogP contribution in [0.2, 0.25) is 0 Å². The molecule has 10 aromatic carbocycles. The summed E-state index contributed by atoms with van der Waals surface area (Å²) in [6.45, 7) is 9.66. The summed E-state index contributed by atoms with van der Waals surface area (Å²) in [6.07, 6.45) is 0. The van der Waals surface area contributed by atoms with E-state index < -0.39 is 0 Å². The minimum absolute atomic E-state index is 0.206. The van der Waals surface area contributed by atoms with Crippen molar-refractivity contribution in [2.24, 2.45) is 0 Å². The van der Waals surface area contributed by atoms with Gasteiger partial charge in [0.15, 0.2) is 0 Å². The van der Waals surface area contributed by atoms with Gasteiger partial charge < -0.3 is 13.6 Å². The number of benzene rings is 10. The highest BCUT2D eigenvalue weighted by Crippen LogP contribution is 2.59. The molecule has 3 nitrogen and oxygen atoms in total. The molecule has 0 bridgehead atoms. The molecule has 3 heterocycles. The first-order valence-electron chi connectivity index (χ1n) is 24.2. The van der Waals surface area contributed by atoms with Gasteiger partial charge in [0.05, 0.1) is 22.1 Å². The van der Waals surface area contributed by atoms with E-state index in [1.54, 1.807) is 0 Å². The van der Waals surface area contributed by atoms with Crippen molar-refractivity contribution in [1.82, 2.24) is 9.13 Å². The molecule has 13 aromatic rings. The topological polar surface area (TPSA) is 23.0 Å². The minimum atomic E-state index is -0.278. The summed E-state index contributed by atoms with van der Waals surface area (Å²) in [5.41, 5.74) is 24.0. The number of fused-ring (bicyclic) bond motifs is 16. The fraction of sp³-hybridized carbons (Fsp3) is 0.0909. The highest BCUT2D eigenvalue weighted by Gasteiger charge is 2.43. The number of hydrogen-bond donors (Lipinski definition) is 0. The number of nitrogens with zero attached hydrogens (tertiary/aromatic N) is 2. The molecule has 3 heteroatoms. The Kier molecular flexibility index (Phi) is 7.63. The largest absolute Gasteiger partial charge is 0.455 e. The SMILES string of the molecule is CC1(C)c2cc(-c3ccc4c(c3)c3ccccc3n4-c3ccccc3)ccc2-c2cc3c(cc21)C(C)(C)c1cc(-c2ccc4c(c2)c2ccccc2n4-c2ccccc2)c2c(oc4ccccc42)c1-3. The van der Waals surface area contributed by atoms with Gasteiger partial charge in [0.25, 0.3) is 0 Å². The van der Waals surface area contributed by atoms with Crippen LogP contribution in [-0.2, 0) is 10.8 Å². The van der Waals surface area contributed by atoms with Crippen LogP contribution in [0.25, 0.3) is 121 Å². The summed E-state index contributed by atoms with van der Waals surface area (Å²) in [5, 5.41) is 7.35. The summed E-state index contributed by atoms with van der Waals surface area (Å²) in [6, 6.07) is 76.4. The maximum absolute atomic E-state index is 7.10. The third kappa shape index (κ3) is 5.17. The zero-order chi connectivity index (χ0) is 45.9. The van der Waals surface area contributed by atoms with Gasteiger partial charge in [-0.1, -0.05) is 149 Å². The van der Waals surface area contributed by atoms with E-state index in [4.69, 9.17) is 4.42 Å². The zero-order valence-electron chi connectivity index (χ0n) is 38.9. The minimum Gasteiger partial charge on any atom is -0.455 e. The van der Waals surface area contributed by atoms with E-state index in [0.29, 0.717) is 0 Å². The lowest BCUT2D eigenvalue weighted by atomic mass is 9.77. The molecule has 3 aromatic heterocycles. The van der Waals surface area contributed by atoms with Gasteiger partial charge in [0.2, 0.25) is 0 Å². The lowest BCUT2D eigenvalue weighted by molar-refractivity contribution is 0.638. The van der Waals surface area contributed by atoms with E-state index in [-0.39, 0.29) is 10.8 Å². The standard InChI is InChI=1S/C66H46N2O/c1-65(2)53-35-40(39-28-31-59-50(33-39)45-21-11-14-24-57(45)67(59)42-17-7-5-8-18-42)27-30-44(53)49-36-52-55(38-54(49)65)66(3,4)56-37-48(62-47-23-13-16-26-61(47)69-64(62)63(52)56)41-29-32-60-51(34-41)46-22-12-15-25-58(46)68(60)43-19-9-6-10-20-43/h5-38H,1-4H3. The van der Waals surface area contributed by atoms with Gasteiger partial charge >= 0.3 is 0 Å². The summed E-state index contributed by atoms with van der Waals surface area (Å²) in [4.78, 5) is 0. The van der Waals surface area contributed by atoms with Crippen LogP contribution in [0.15, 0.2) is 211 Å². The van der Waals surface area contributed by atoms with Crippen molar-refractivity contribution in [2.75, 3.05) is 0 Å². The smallest absolute Gasteiger partial charge is 0.144 e. The van der Waals surface area contributed by atoms with Gasteiger partial charge in [0, 0.05) is 60.1 Å². The third-order valence-corrected chi connectivity index (χ3v) is 16.1. The van der Waals surface area contributed by atoms with Crippen molar-refractivity contribution in [1.29, 1.82) is 0 Å². The molecule has 0 spiro atoms. The second-order valence-corrected chi connectivity index (χ2v) is 20.4. The second-order valence-electron chi connectivity index (χ2n) is 20.4. The summed E-state index contributed by atoms with van der Waals surface area (Å²) >= 11 is 0. The Bertz CT molecular complexity index is 4350. The molecule has 326 valence electrons. The van der Waals surface area contributed by atoms with E-state index in [2.05, 4.69) is 243 Å². The van der Waals surface area contributed by atoms with Gasteiger partial charge in [-0.05, 0) is 146 Å². The van der Waals surface area contributed by atoms with Crippen LogP contribution < -0.4 is 0 Å². The number of rotatable bonds is 4. The van der Waals surface area contributed by atoms with Crippen LogP contribution in [0.4, 0.5) is 0 Å². The molecule has 0 atom stereocenters. The van der Waals surface area contributed by atoms with Gasteiger partial charge in [-0.15, -0.1) is 0 Å². The van der Waals surface area contributed by atoms with Gasteiger partial charge in [-0.25, -0.2) is 0 Å². The van der Waals surface area contributed by atoms with E-state index in [1.807, 2.05) is 0 Å². The van der Waals surface area contributed by atoms with E-state index >= 15 is 0 Å². The first kappa shape index (κ1) is 38.7. The van der Waals surface area contributed by atoms with E-state index in [1.165, 1.54) is 121 Å². The van der Waals surface area contributed by atoms with Crippen LogP contribution in [0.5, 0.6) is 0 Å². The fourth-order valence-corrected chi connectivity index (χ4v) is 12.7. The van der Waals surface area contributed by atoms with Gasteiger partial charge in [0.1, 0.15) is 11.2 Å². The van der Waals surface area contributed by atoms with Crippen molar-refractivity contribution in [3.8, 4) is 55.9 Å². The molecular weight excluding hydrogens is 837 g/mol. The Morgan fingerprint density at radius 3 is 1.49 bits per heavy atom. The predicted octanol–water partition coefficient (Wildman–Crippen LogP) is 17.7.